The quantitative estimate of drug-likeness (QED) is 0.707. The molecule has 0 saturated heterocycles. The highest BCUT2D eigenvalue weighted by atomic mass is 16.5. The normalized spacial score (nSPS) is 10.3. The maximum atomic E-state index is 12.1. The Morgan fingerprint density at radius 1 is 1.00 bits per heavy atom. The number of hydrogen-bond donors (Lipinski definition) is 1. The molecule has 26 heavy (non-hydrogen) atoms. The lowest BCUT2D eigenvalue weighted by Crippen LogP contribution is -2.24. The summed E-state index contributed by atoms with van der Waals surface area (Å²) in [6.45, 7) is 3.01. The zero-order valence-corrected chi connectivity index (χ0v) is 14.8. The molecule has 3 rings (SSSR count). The largest absolute Gasteiger partial charge is 0.489 e. The van der Waals surface area contributed by atoms with E-state index in [0.29, 0.717) is 19.6 Å². The molecule has 1 heterocycles. The number of pyridine rings is 1. The Balaban J connectivity index is 1.46. The third kappa shape index (κ3) is 5.18. The molecule has 0 atom stereocenters. The van der Waals surface area contributed by atoms with Crippen molar-refractivity contribution >= 4 is 5.91 Å². The minimum absolute atomic E-state index is 0.0243. The van der Waals surface area contributed by atoms with Gasteiger partial charge >= 0.3 is 0 Å². The summed E-state index contributed by atoms with van der Waals surface area (Å²) in [7, 11) is 0. The average Bonchev–Trinajstić information content (AvgIpc) is 2.68. The fourth-order valence-electron chi connectivity index (χ4n) is 2.60. The summed E-state index contributed by atoms with van der Waals surface area (Å²) >= 11 is 0. The van der Waals surface area contributed by atoms with Gasteiger partial charge in [-0.2, -0.15) is 0 Å². The van der Waals surface area contributed by atoms with Gasteiger partial charge in [-0.1, -0.05) is 42.5 Å². The number of nitrogens with one attached hydrogen (secondary N) is 1. The van der Waals surface area contributed by atoms with E-state index in [-0.39, 0.29) is 5.91 Å². The van der Waals surface area contributed by atoms with E-state index in [1.54, 1.807) is 12.4 Å². The molecular weight excluding hydrogens is 324 g/mol. The third-order valence-electron chi connectivity index (χ3n) is 4.15. The van der Waals surface area contributed by atoms with Gasteiger partial charge in [0.2, 0.25) is 5.91 Å². The van der Waals surface area contributed by atoms with Crippen molar-refractivity contribution in [3.05, 3.63) is 95.3 Å². The van der Waals surface area contributed by atoms with Crippen LogP contribution in [0.5, 0.6) is 5.75 Å². The van der Waals surface area contributed by atoms with Gasteiger partial charge in [-0.25, -0.2) is 0 Å². The predicted octanol–water partition coefficient (Wildman–Crippen LogP) is 3.83. The topological polar surface area (TPSA) is 51.2 Å². The van der Waals surface area contributed by atoms with E-state index in [1.807, 2.05) is 67.6 Å². The van der Waals surface area contributed by atoms with Crippen LogP contribution >= 0.6 is 0 Å². The molecule has 4 nitrogen and oxygen atoms in total. The molecule has 0 aliphatic heterocycles. The Morgan fingerprint density at radius 2 is 1.81 bits per heavy atom. The lowest BCUT2D eigenvalue weighted by Gasteiger charge is -2.09. The van der Waals surface area contributed by atoms with E-state index in [1.165, 1.54) is 0 Å². The maximum Gasteiger partial charge on any atom is 0.224 e. The van der Waals surface area contributed by atoms with Crippen molar-refractivity contribution in [2.24, 2.45) is 0 Å². The van der Waals surface area contributed by atoms with Crippen molar-refractivity contribution in [1.29, 1.82) is 0 Å². The molecule has 2 aromatic carbocycles. The molecule has 132 valence electrons. The third-order valence-corrected chi connectivity index (χ3v) is 4.15. The van der Waals surface area contributed by atoms with Crippen LogP contribution in [0, 0.1) is 6.92 Å². The first-order chi connectivity index (χ1) is 12.7. The molecule has 0 aliphatic carbocycles. The number of hydrogen-bond acceptors (Lipinski definition) is 3. The van der Waals surface area contributed by atoms with Crippen LogP contribution in [0.2, 0.25) is 0 Å². The van der Waals surface area contributed by atoms with Gasteiger partial charge in [0.05, 0.1) is 6.42 Å². The minimum Gasteiger partial charge on any atom is -0.489 e. The highest BCUT2D eigenvalue weighted by Crippen LogP contribution is 2.14. The van der Waals surface area contributed by atoms with Crippen molar-refractivity contribution < 1.29 is 9.53 Å². The summed E-state index contributed by atoms with van der Waals surface area (Å²) in [5, 5.41) is 2.96. The number of rotatable bonds is 7. The van der Waals surface area contributed by atoms with Crippen molar-refractivity contribution in [3.8, 4) is 5.75 Å². The van der Waals surface area contributed by atoms with Crippen LogP contribution in [-0.2, 0) is 24.4 Å². The molecule has 1 N–H and O–H groups in total. The van der Waals surface area contributed by atoms with Crippen LogP contribution in [0.3, 0.4) is 0 Å². The van der Waals surface area contributed by atoms with Crippen LogP contribution in [-0.4, -0.2) is 10.9 Å². The maximum absolute atomic E-state index is 12.1. The molecule has 0 saturated carbocycles. The van der Waals surface area contributed by atoms with E-state index < -0.39 is 0 Å². The number of carbonyl (C=O) groups is 1. The number of benzene rings is 2. The number of ether oxygens (including phenoxy) is 1. The summed E-state index contributed by atoms with van der Waals surface area (Å²) in [6, 6.07) is 19.6. The lowest BCUT2D eigenvalue weighted by atomic mass is 10.1. The van der Waals surface area contributed by atoms with Gasteiger partial charge < -0.3 is 10.1 Å². The molecule has 3 aromatic rings. The number of amides is 1. The Labute approximate surface area is 153 Å². The summed E-state index contributed by atoms with van der Waals surface area (Å²) in [5.41, 5.74) is 4.26. The van der Waals surface area contributed by atoms with E-state index in [0.717, 1.165) is 28.0 Å². The molecule has 0 radical (unpaired) electrons. The van der Waals surface area contributed by atoms with E-state index >= 15 is 0 Å². The van der Waals surface area contributed by atoms with Gasteiger partial charge in [0, 0.05) is 24.5 Å². The predicted molar refractivity (Wildman–Crippen MR) is 102 cm³/mol. The highest BCUT2D eigenvalue weighted by molar-refractivity contribution is 5.78. The summed E-state index contributed by atoms with van der Waals surface area (Å²) in [4.78, 5) is 16.2. The van der Waals surface area contributed by atoms with Crippen LogP contribution < -0.4 is 10.1 Å². The second-order valence-electron chi connectivity index (χ2n) is 6.17. The van der Waals surface area contributed by atoms with Crippen molar-refractivity contribution in [3.63, 3.8) is 0 Å². The standard InChI is InChI=1S/C22H22N2O2/c1-17-5-2-3-7-20(17)13-22(25)24-15-18-8-10-21(11-9-18)26-16-19-6-4-12-23-14-19/h2-12,14H,13,15-16H2,1H3,(H,24,25). The lowest BCUT2D eigenvalue weighted by molar-refractivity contribution is -0.120. The zero-order chi connectivity index (χ0) is 18.2. The van der Waals surface area contributed by atoms with Gasteiger partial charge in [0.1, 0.15) is 12.4 Å². The number of aryl methyl sites for hydroxylation is 1. The highest BCUT2D eigenvalue weighted by Gasteiger charge is 2.05. The fraction of sp³-hybridized carbons (Fsp3) is 0.182. The molecule has 4 heteroatoms. The van der Waals surface area contributed by atoms with E-state index in [2.05, 4.69) is 10.3 Å². The monoisotopic (exact) mass is 346 g/mol. The fourth-order valence-corrected chi connectivity index (χ4v) is 2.60. The minimum atomic E-state index is 0.0243. The second kappa shape index (κ2) is 8.81. The van der Waals surface area contributed by atoms with E-state index in [9.17, 15) is 4.79 Å². The van der Waals surface area contributed by atoms with Gasteiger partial charge in [-0.05, 0) is 41.8 Å². The van der Waals surface area contributed by atoms with Crippen molar-refractivity contribution in [2.75, 3.05) is 0 Å². The Kier molecular flexibility index (Phi) is 5.99. The zero-order valence-electron chi connectivity index (χ0n) is 14.8. The first-order valence-electron chi connectivity index (χ1n) is 8.62. The van der Waals surface area contributed by atoms with Crippen LogP contribution in [0.4, 0.5) is 0 Å². The Bertz CT molecular complexity index is 846. The molecular formula is C22H22N2O2. The first kappa shape index (κ1) is 17.7. The molecule has 0 spiro atoms. The Morgan fingerprint density at radius 3 is 2.54 bits per heavy atom. The van der Waals surface area contributed by atoms with Gasteiger partial charge in [0.25, 0.3) is 0 Å². The van der Waals surface area contributed by atoms with Crippen LogP contribution in [0.1, 0.15) is 22.3 Å². The van der Waals surface area contributed by atoms with E-state index in [4.69, 9.17) is 4.74 Å². The van der Waals surface area contributed by atoms with Crippen molar-refractivity contribution in [1.82, 2.24) is 10.3 Å². The SMILES string of the molecule is Cc1ccccc1CC(=O)NCc1ccc(OCc2cccnc2)cc1. The first-order valence-corrected chi connectivity index (χ1v) is 8.62. The summed E-state index contributed by atoms with van der Waals surface area (Å²) in [5.74, 6) is 0.819. The average molecular weight is 346 g/mol. The number of nitrogens with zero attached hydrogens (tertiary/aromatic N) is 1. The second-order valence-corrected chi connectivity index (χ2v) is 6.17. The van der Waals surface area contributed by atoms with Gasteiger partial charge in [0.15, 0.2) is 0 Å². The number of carbonyl (C=O) groups excluding carboxylic acids is 1. The molecule has 0 fully saturated rings. The van der Waals surface area contributed by atoms with Crippen molar-refractivity contribution in [2.45, 2.75) is 26.5 Å². The molecule has 1 aromatic heterocycles. The summed E-state index contributed by atoms with van der Waals surface area (Å²) < 4.78 is 5.74. The van der Waals surface area contributed by atoms with Crippen LogP contribution in [0.25, 0.3) is 0 Å². The molecule has 0 aliphatic rings. The molecule has 0 unspecified atom stereocenters. The number of aromatic nitrogens is 1. The molecule has 1 amide bonds. The summed E-state index contributed by atoms with van der Waals surface area (Å²) in [6.07, 6.45) is 3.93. The van der Waals surface area contributed by atoms with Gasteiger partial charge in [-0.15, -0.1) is 0 Å². The Hall–Kier alpha value is -3.14. The van der Waals surface area contributed by atoms with Gasteiger partial charge in [-0.3, -0.25) is 9.78 Å². The van der Waals surface area contributed by atoms with Crippen LogP contribution in [0.15, 0.2) is 73.1 Å². The smallest absolute Gasteiger partial charge is 0.224 e. The molecule has 0 bridgehead atoms.